The van der Waals surface area contributed by atoms with Crippen LogP contribution in [0.1, 0.15) is 12.0 Å². The molecule has 1 aliphatic heterocycles. The Hall–Kier alpha value is -1.20. The average Bonchev–Trinajstić information content (AvgIpc) is 2.70. The summed E-state index contributed by atoms with van der Waals surface area (Å²) < 4.78 is 0.789. The molecule has 5 heteroatoms. The lowest BCUT2D eigenvalue weighted by atomic mass is 10.1. The van der Waals surface area contributed by atoms with Gasteiger partial charge in [-0.1, -0.05) is 6.08 Å². The molecule has 2 heterocycles. The van der Waals surface area contributed by atoms with Crippen molar-refractivity contribution in [3.63, 3.8) is 0 Å². The van der Waals surface area contributed by atoms with Crippen molar-refractivity contribution in [1.82, 2.24) is 4.98 Å². The van der Waals surface area contributed by atoms with Crippen molar-refractivity contribution >= 4 is 27.7 Å². The lowest BCUT2D eigenvalue weighted by molar-refractivity contribution is -0.117. The number of pyridine rings is 1. The maximum absolute atomic E-state index is 11.8. The van der Waals surface area contributed by atoms with Gasteiger partial charge >= 0.3 is 0 Å². The van der Waals surface area contributed by atoms with E-state index in [2.05, 4.69) is 27.5 Å². The molecule has 0 saturated carbocycles. The van der Waals surface area contributed by atoms with Crippen molar-refractivity contribution < 1.29 is 9.90 Å². The Bertz CT molecular complexity index is 462. The second kappa shape index (κ2) is 4.98. The first-order valence-corrected chi connectivity index (χ1v) is 6.13. The second-order valence-electron chi connectivity index (χ2n) is 4.00. The van der Waals surface area contributed by atoms with E-state index in [0.717, 1.165) is 4.47 Å². The number of carbonyl (C=O) groups is 1. The number of aliphatic hydroxyl groups excluding tert-OH is 1. The monoisotopic (exact) mass is 296 g/mol. The zero-order chi connectivity index (χ0) is 12.4. The van der Waals surface area contributed by atoms with Crippen LogP contribution in [-0.4, -0.2) is 22.5 Å². The third-order valence-electron chi connectivity index (χ3n) is 2.82. The average molecular weight is 297 g/mol. The molecule has 0 aromatic carbocycles. The maximum atomic E-state index is 11.8. The van der Waals surface area contributed by atoms with Gasteiger partial charge in [0.15, 0.2) is 0 Å². The number of amides is 1. The van der Waals surface area contributed by atoms with Crippen LogP contribution in [0.3, 0.4) is 0 Å². The van der Waals surface area contributed by atoms with Gasteiger partial charge in [0.2, 0.25) is 5.91 Å². The predicted molar refractivity (Wildman–Crippen MR) is 68.5 cm³/mol. The number of nitrogens with zero attached hydrogens (tertiary/aromatic N) is 2. The molecule has 1 saturated heterocycles. The predicted octanol–water partition coefficient (Wildman–Crippen LogP) is 1.88. The molecular formula is C12H13BrN2O2. The Balaban J connectivity index is 2.34. The van der Waals surface area contributed by atoms with Gasteiger partial charge in [0, 0.05) is 35.1 Å². The van der Waals surface area contributed by atoms with Crippen molar-refractivity contribution in [1.29, 1.82) is 0 Å². The molecule has 1 N–H and O–H groups in total. The van der Waals surface area contributed by atoms with E-state index in [9.17, 15) is 9.90 Å². The summed E-state index contributed by atoms with van der Waals surface area (Å²) in [4.78, 5) is 17.7. The Morgan fingerprint density at radius 1 is 1.71 bits per heavy atom. The zero-order valence-electron chi connectivity index (χ0n) is 9.27. The quantitative estimate of drug-likeness (QED) is 0.867. The fraction of sp³-hybridized carbons (Fsp3) is 0.333. The van der Waals surface area contributed by atoms with Crippen molar-refractivity contribution in [3.05, 3.63) is 35.0 Å². The van der Waals surface area contributed by atoms with Crippen LogP contribution in [0, 0.1) is 5.92 Å². The molecule has 2 rings (SSSR count). The molecule has 0 aliphatic carbocycles. The minimum absolute atomic E-state index is 0.0272. The van der Waals surface area contributed by atoms with Crippen LogP contribution in [-0.2, 0) is 11.4 Å². The Labute approximate surface area is 108 Å². The number of aromatic nitrogens is 1. The van der Waals surface area contributed by atoms with Crippen LogP contribution in [0.5, 0.6) is 0 Å². The van der Waals surface area contributed by atoms with Gasteiger partial charge in [-0.05, 0) is 22.0 Å². The first-order chi connectivity index (χ1) is 8.15. The van der Waals surface area contributed by atoms with Crippen molar-refractivity contribution in [3.8, 4) is 0 Å². The molecule has 1 amide bonds. The highest BCUT2D eigenvalue weighted by Gasteiger charge is 2.30. The minimum Gasteiger partial charge on any atom is -0.392 e. The number of halogens is 1. The van der Waals surface area contributed by atoms with Crippen molar-refractivity contribution in [2.24, 2.45) is 5.92 Å². The highest BCUT2D eigenvalue weighted by molar-refractivity contribution is 9.10. The van der Waals surface area contributed by atoms with E-state index in [1.54, 1.807) is 23.2 Å². The van der Waals surface area contributed by atoms with Crippen LogP contribution in [0.4, 0.5) is 5.82 Å². The van der Waals surface area contributed by atoms with E-state index < -0.39 is 0 Å². The van der Waals surface area contributed by atoms with Gasteiger partial charge in [-0.3, -0.25) is 9.69 Å². The third-order valence-corrected chi connectivity index (χ3v) is 3.26. The molecule has 1 aliphatic rings. The van der Waals surface area contributed by atoms with E-state index in [4.69, 9.17) is 0 Å². The summed E-state index contributed by atoms with van der Waals surface area (Å²) in [5.74, 6) is 0.740. The summed E-state index contributed by atoms with van der Waals surface area (Å²) >= 11 is 3.29. The molecule has 1 atom stereocenters. The van der Waals surface area contributed by atoms with E-state index in [-0.39, 0.29) is 18.4 Å². The van der Waals surface area contributed by atoms with Gasteiger partial charge in [-0.25, -0.2) is 4.98 Å². The van der Waals surface area contributed by atoms with Gasteiger partial charge in [0.1, 0.15) is 5.82 Å². The van der Waals surface area contributed by atoms with Crippen LogP contribution < -0.4 is 4.90 Å². The largest absolute Gasteiger partial charge is 0.392 e. The second-order valence-corrected chi connectivity index (χ2v) is 4.91. The molecule has 1 unspecified atom stereocenters. The van der Waals surface area contributed by atoms with E-state index >= 15 is 0 Å². The molecule has 90 valence electrons. The van der Waals surface area contributed by atoms with Crippen LogP contribution in [0.2, 0.25) is 0 Å². The summed E-state index contributed by atoms with van der Waals surface area (Å²) in [6, 6.07) is 1.77. The number of aliphatic hydroxyl groups is 1. The topological polar surface area (TPSA) is 53.4 Å². The molecule has 1 aromatic rings. The smallest absolute Gasteiger partial charge is 0.228 e. The molecule has 0 bridgehead atoms. The van der Waals surface area contributed by atoms with Gasteiger partial charge in [0.25, 0.3) is 0 Å². The third kappa shape index (κ3) is 2.40. The summed E-state index contributed by atoms with van der Waals surface area (Å²) in [5.41, 5.74) is 0.650. The maximum Gasteiger partial charge on any atom is 0.228 e. The lowest BCUT2D eigenvalue weighted by Crippen LogP contribution is -2.26. The number of rotatable bonds is 3. The lowest BCUT2D eigenvalue weighted by Gasteiger charge is -2.18. The summed E-state index contributed by atoms with van der Waals surface area (Å²) in [6.45, 7) is 4.16. The minimum atomic E-state index is -0.135. The number of hydrogen-bond acceptors (Lipinski definition) is 3. The van der Waals surface area contributed by atoms with Crippen LogP contribution in [0.15, 0.2) is 29.4 Å². The highest BCUT2D eigenvalue weighted by atomic mass is 79.9. The van der Waals surface area contributed by atoms with Crippen molar-refractivity contribution in [2.45, 2.75) is 13.0 Å². The van der Waals surface area contributed by atoms with Crippen molar-refractivity contribution in [2.75, 3.05) is 11.4 Å². The molecule has 17 heavy (non-hydrogen) atoms. The summed E-state index contributed by atoms with van der Waals surface area (Å²) in [6.07, 6.45) is 3.88. The number of hydrogen-bond donors (Lipinski definition) is 1. The normalized spacial score (nSPS) is 19.8. The fourth-order valence-corrected chi connectivity index (χ4v) is 2.31. The van der Waals surface area contributed by atoms with Gasteiger partial charge in [-0.15, -0.1) is 6.58 Å². The summed E-state index contributed by atoms with van der Waals surface area (Å²) in [7, 11) is 0. The van der Waals surface area contributed by atoms with Crippen LogP contribution in [0.25, 0.3) is 0 Å². The zero-order valence-corrected chi connectivity index (χ0v) is 10.9. The first-order valence-electron chi connectivity index (χ1n) is 5.34. The Morgan fingerprint density at radius 2 is 2.47 bits per heavy atom. The Kier molecular flexibility index (Phi) is 3.59. The molecular weight excluding hydrogens is 284 g/mol. The van der Waals surface area contributed by atoms with Crippen LogP contribution >= 0.6 is 15.9 Å². The van der Waals surface area contributed by atoms with E-state index in [1.165, 1.54) is 0 Å². The highest BCUT2D eigenvalue weighted by Crippen LogP contribution is 2.28. The molecule has 0 spiro atoms. The van der Waals surface area contributed by atoms with Gasteiger partial charge in [0.05, 0.1) is 6.61 Å². The molecule has 4 nitrogen and oxygen atoms in total. The molecule has 1 fully saturated rings. The molecule has 1 aromatic heterocycles. The van der Waals surface area contributed by atoms with Gasteiger partial charge < -0.3 is 5.11 Å². The standard InChI is InChI=1S/C12H13BrN2O2/c1-2-8-3-11(17)15(6-8)12-9(7-16)4-10(13)5-14-12/h2,4-5,8,16H,1,3,6-7H2. The molecule has 0 radical (unpaired) electrons. The van der Waals surface area contributed by atoms with E-state index in [0.29, 0.717) is 24.3 Å². The van der Waals surface area contributed by atoms with Gasteiger partial charge in [-0.2, -0.15) is 0 Å². The number of carbonyl (C=O) groups excluding carboxylic acids is 1. The number of anilines is 1. The Morgan fingerprint density at radius 3 is 3.06 bits per heavy atom. The first kappa shape index (κ1) is 12.3. The fourth-order valence-electron chi connectivity index (χ4n) is 1.93. The SMILES string of the molecule is C=CC1CC(=O)N(c2ncc(Br)cc2CO)C1. The van der Waals surface area contributed by atoms with E-state index in [1.807, 2.05) is 0 Å². The summed E-state index contributed by atoms with van der Waals surface area (Å²) in [5, 5.41) is 9.29.